The molecule has 35 heavy (non-hydrogen) atoms. The molecule has 8 heteroatoms. The summed E-state index contributed by atoms with van der Waals surface area (Å²) >= 11 is 6.00. The standard InChI is InChI=1S/C27H26ClFN4O2/c28-21-16-19(7-8-22(21)29)27(11-12-27)26(35)33-15-1-2-23(33)24(30)17-3-5-18(6-4-17)25(34)32-20-9-13-31-14-10-20/h3-10,13-14,16,23-24H,1-2,11-12,15,30H2,(H,31,32,34). The topological polar surface area (TPSA) is 88.3 Å². The Bertz CT molecular complexity index is 1250. The maximum atomic E-state index is 13.7. The van der Waals surface area contributed by atoms with Gasteiger partial charge in [0.05, 0.1) is 22.5 Å². The number of amides is 2. The van der Waals surface area contributed by atoms with Gasteiger partial charge in [-0.05, 0) is 73.2 Å². The molecule has 1 aliphatic heterocycles. The fourth-order valence-electron chi connectivity index (χ4n) is 4.96. The summed E-state index contributed by atoms with van der Waals surface area (Å²) in [6.07, 6.45) is 6.33. The number of carbonyl (C=O) groups excluding carboxylic acids is 2. The molecule has 1 aromatic heterocycles. The van der Waals surface area contributed by atoms with Crippen molar-refractivity contribution in [1.82, 2.24) is 9.88 Å². The van der Waals surface area contributed by atoms with E-state index in [9.17, 15) is 14.0 Å². The molecule has 1 saturated heterocycles. The summed E-state index contributed by atoms with van der Waals surface area (Å²) in [5, 5.41) is 2.87. The maximum Gasteiger partial charge on any atom is 0.255 e. The van der Waals surface area contributed by atoms with Crippen molar-refractivity contribution >= 4 is 29.1 Å². The Hall–Kier alpha value is -3.29. The first kappa shape index (κ1) is 23.5. The third-order valence-corrected chi connectivity index (χ3v) is 7.39. The normalized spacial score (nSPS) is 19.3. The van der Waals surface area contributed by atoms with Crippen LogP contribution in [0.15, 0.2) is 67.0 Å². The van der Waals surface area contributed by atoms with Gasteiger partial charge < -0.3 is 16.0 Å². The zero-order valence-corrected chi connectivity index (χ0v) is 19.8. The highest BCUT2D eigenvalue weighted by Crippen LogP contribution is 2.51. The minimum Gasteiger partial charge on any atom is -0.337 e. The molecule has 5 rings (SSSR count). The lowest BCUT2D eigenvalue weighted by molar-refractivity contribution is -0.135. The van der Waals surface area contributed by atoms with Crippen molar-refractivity contribution in [2.24, 2.45) is 5.73 Å². The van der Waals surface area contributed by atoms with E-state index in [1.54, 1.807) is 48.8 Å². The summed E-state index contributed by atoms with van der Waals surface area (Å²) in [5.74, 6) is -0.674. The molecule has 2 amide bonds. The second-order valence-electron chi connectivity index (χ2n) is 9.26. The largest absolute Gasteiger partial charge is 0.337 e. The van der Waals surface area contributed by atoms with Gasteiger partial charge in [-0.3, -0.25) is 14.6 Å². The third-order valence-electron chi connectivity index (χ3n) is 7.10. The molecule has 2 aliphatic rings. The Morgan fingerprint density at radius 1 is 1.11 bits per heavy atom. The number of halogens is 2. The van der Waals surface area contributed by atoms with Gasteiger partial charge in [0.1, 0.15) is 5.82 Å². The van der Waals surface area contributed by atoms with Crippen LogP contribution < -0.4 is 11.1 Å². The van der Waals surface area contributed by atoms with Crippen LogP contribution in [0.25, 0.3) is 0 Å². The first-order valence-corrected chi connectivity index (χ1v) is 12.1. The van der Waals surface area contributed by atoms with E-state index in [0.717, 1.165) is 24.0 Å². The number of likely N-dealkylation sites (tertiary alicyclic amines) is 1. The lowest BCUT2D eigenvalue weighted by atomic mass is 9.92. The summed E-state index contributed by atoms with van der Waals surface area (Å²) in [6, 6.07) is 14.7. The van der Waals surface area contributed by atoms with Crippen LogP contribution in [0.1, 0.15) is 53.2 Å². The number of carbonyl (C=O) groups is 2. The molecule has 1 aliphatic carbocycles. The van der Waals surface area contributed by atoms with Crippen LogP contribution in [0, 0.1) is 5.82 Å². The first-order chi connectivity index (χ1) is 16.9. The van der Waals surface area contributed by atoms with Crippen molar-refractivity contribution in [3.05, 3.63) is 94.5 Å². The number of hydrogen-bond donors (Lipinski definition) is 2. The van der Waals surface area contributed by atoms with E-state index in [4.69, 9.17) is 17.3 Å². The van der Waals surface area contributed by atoms with Crippen molar-refractivity contribution in [3.8, 4) is 0 Å². The highest BCUT2D eigenvalue weighted by molar-refractivity contribution is 6.30. The molecule has 6 nitrogen and oxygen atoms in total. The second-order valence-corrected chi connectivity index (χ2v) is 9.66. The summed E-state index contributed by atoms with van der Waals surface area (Å²) in [6.45, 7) is 0.639. The number of nitrogens with one attached hydrogen (secondary N) is 1. The van der Waals surface area contributed by atoms with E-state index >= 15 is 0 Å². The SMILES string of the molecule is NC(c1ccc(C(=O)Nc2ccncc2)cc1)C1CCCN1C(=O)C1(c2ccc(F)c(Cl)c2)CC1. The minimum absolute atomic E-state index is 0.0318. The van der Waals surface area contributed by atoms with Crippen molar-refractivity contribution in [3.63, 3.8) is 0 Å². The van der Waals surface area contributed by atoms with Gasteiger partial charge in [-0.2, -0.15) is 0 Å². The lowest BCUT2D eigenvalue weighted by Gasteiger charge is -2.33. The van der Waals surface area contributed by atoms with Crippen LogP contribution in [-0.2, 0) is 10.2 Å². The summed E-state index contributed by atoms with van der Waals surface area (Å²) < 4.78 is 13.7. The molecule has 0 bridgehead atoms. The van der Waals surface area contributed by atoms with Crippen LogP contribution in [0.5, 0.6) is 0 Å². The Labute approximate surface area is 208 Å². The zero-order chi connectivity index (χ0) is 24.6. The van der Waals surface area contributed by atoms with E-state index in [1.807, 2.05) is 17.0 Å². The summed E-state index contributed by atoms with van der Waals surface area (Å²) in [5.41, 5.74) is 8.82. The molecule has 3 N–H and O–H groups in total. The summed E-state index contributed by atoms with van der Waals surface area (Å²) in [4.78, 5) is 32.0. The maximum absolute atomic E-state index is 13.7. The number of anilines is 1. The fraction of sp³-hybridized carbons (Fsp3) is 0.296. The third kappa shape index (κ3) is 4.54. The molecule has 3 aromatic rings. The molecule has 1 saturated carbocycles. The van der Waals surface area contributed by atoms with Crippen LogP contribution in [0.4, 0.5) is 10.1 Å². The van der Waals surface area contributed by atoms with Gasteiger partial charge >= 0.3 is 0 Å². The number of hydrogen-bond acceptors (Lipinski definition) is 4. The van der Waals surface area contributed by atoms with Crippen molar-refractivity contribution in [2.75, 3.05) is 11.9 Å². The van der Waals surface area contributed by atoms with Gasteiger partial charge in [0.25, 0.3) is 5.91 Å². The van der Waals surface area contributed by atoms with Gasteiger partial charge in [0.2, 0.25) is 5.91 Å². The molecule has 2 unspecified atom stereocenters. The lowest BCUT2D eigenvalue weighted by Crippen LogP contribution is -2.46. The predicted octanol–water partition coefficient (Wildman–Crippen LogP) is 4.85. The Kier molecular flexibility index (Phi) is 6.30. The molecular weight excluding hydrogens is 467 g/mol. The van der Waals surface area contributed by atoms with Crippen LogP contribution in [0.2, 0.25) is 5.02 Å². The van der Waals surface area contributed by atoms with Gasteiger partial charge in [0.15, 0.2) is 0 Å². The number of aromatic nitrogens is 1. The highest BCUT2D eigenvalue weighted by atomic mass is 35.5. The number of nitrogens with two attached hydrogens (primary N) is 1. The van der Waals surface area contributed by atoms with Gasteiger partial charge in [0, 0.05) is 30.2 Å². The van der Waals surface area contributed by atoms with Crippen LogP contribution >= 0.6 is 11.6 Å². The van der Waals surface area contributed by atoms with Crippen LogP contribution in [-0.4, -0.2) is 34.3 Å². The average molecular weight is 493 g/mol. The number of nitrogens with zero attached hydrogens (tertiary/aromatic N) is 2. The van der Waals surface area contributed by atoms with E-state index in [2.05, 4.69) is 10.3 Å². The first-order valence-electron chi connectivity index (χ1n) is 11.7. The molecule has 0 radical (unpaired) electrons. The van der Waals surface area contributed by atoms with E-state index in [1.165, 1.54) is 6.07 Å². The molecule has 2 atom stereocenters. The van der Waals surface area contributed by atoms with E-state index in [-0.39, 0.29) is 28.9 Å². The average Bonchev–Trinajstić information content (AvgIpc) is 3.54. The smallest absolute Gasteiger partial charge is 0.255 e. The predicted molar refractivity (Wildman–Crippen MR) is 133 cm³/mol. The van der Waals surface area contributed by atoms with Crippen LogP contribution in [0.3, 0.4) is 0 Å². The monoisotopic (exact) mass is 492 g/mol. The quantitative estimate of drug-likeness (QED) is 0.515. The minimum atomic E-state index is -0.644. The summed E-state index contributed by atoms with van der Waals surface area (Å²) in [7, 11) is 0. The van der Waals surface area contributed by atoms with Gasteiger partial charge in [-0.25, -0.2) is 4.39 Å². The molecule has 2 fully saturated rings. The zero-order valence-electron chi connectivity index (χ0n) is 19.1. The Morgan fingerprint density at radius 3 is 2.49 bits per heavy atom. The van der Waals surface area contributed by atoms with Gasteiger partial charge in [-0.1, -0.05) is 29.8 Å². The van der Waals surface area contributed by atoms with Crippen molar-refractivity contribution in [1.29, 1.82) is 0 Å². The molecule has 180 valence electrons. The highest BCUT2D eigenvalue weighted by Gasteiger charge is 2.55. The van der Waals surface area contributed by atoms with Gasteiger partial charge in [-0.15, -0.1) is 0 Å². The molecule has 2 aromatic carbocycles. The van der Waals surface area contributed by atoms with E-state index < -0.39 is 11.2 Å². The fourth-order valence-corrected chi connectivity index (χ4v) is 5.14. The molecule has 2 heterocycles. The van der Waals surface area contributed by atoms with Crippen molar-refractivity contribution < 1.29 is 14.0 Å². The molecule has 0 spiro atoms. The van der Waals surface area contributed by atoms with Crippen molar-refractivity contribution in [2.45, 2.75) is 43.2 Å². The Morgan fingerprint density at radius 2 is 1.83 bits per heavy atom. The number of benzene rings is 2. The Balaban J connectivity index is 1.30. The second kappa shape index (κ2) is 9.40. The number of pyridine rings is 1. The molecular formula is C27H26ClFN4O2. The van der Waals surface area contributed by atoms with E-state index in [0.29, 0.717) is 30.6 Å². The number of rotatable bonds is 6.